The van der Waals surface area contributed by atoms with E-state index in [4.69, 9.17) is 5.84 Å². The van der Waals surface area contributed by atoms with E-state index in [1.165, 1.54) is 38.5 Å². The fourth-order valence-corrected chi connectivity index (χ4v) is 2.76. The maximum Gasteiger partial charge on any atom is 0.145 e. The van der Waals surface area contributed by atoms with Gasteiger partial charge in [0.1, 0.15) is 17.5 Å². The molecule has 0 unspecified atom stereocenters. The second-order valence-electron chi connectivity index (χ2n) is 5.98. The summed E-state index contributed by atoms with van der Waals surface area (Å²) in [6.45, 7) is 3.29. The van der Waals surface area contributed by atoms with Gasteiger partial charge >= 0.3 is 0 Å². The number of anilines is 2. The van der Waals surface area contributed by atoms with Crippen molar-refractivity contribution in [1.82, 2.24) is 9.97 Å². The summed E-state index contributed by atoms with van der Waals surface area (Å²) in [5.41, 5.74) is 3.13. The monoisotopic (exact) mass is 261 g/mol. The van der Waals surface area contributed by atoms with Crippen LogP contribution in [0.2, 0.25) is 0 Å². The fraction of sp³-hybridized carbons (Fsp3) is 0.714. The normalized spacial score (nSPS) is 20.7. The maximum atomic E-state index is 5.49. The molecule has 1 heterocycles. The standard InChI is InChI=1S/C14H23N5/c1-2-14(6-3-7-14)9-16-11-8-12(19-15)18-13(17-11)10-4-5-10/h8,10H,2-7,9,15H2,1H3,(H2,16,17,18,19). The maximum absolute atomic E-state index is 5.49. The van der Waals surface area contributed by atoms with E-state index < -0.39 is 0 Å². The summed E-state index contributed by atoms with van der Waals surface area (Å²) >= 11 is 0. The first-order valence-corrected chi connectivity index (χ1v) is 7.34. The lowest BCUT2D eigenvalue weighted by Crippen LogP contribution is -2.36. The third-order valence-electron chi connectivity index (χ3n) is 4.64. The van der Waals surface area contributed by atoms with Crippen molar-refractivity contribution in [3.63, 3.8) is 0 Å². The topological polar surface area (TPSA) is 75.9 Å². The van der Waals surface area contributed by atoms with Crippen LogP contribution in [0.5, 0.6) is 0 Å². The highest BCUT2D eigenvalue weighted by molar-refractivity contribution is 5.47. The van der Waals surface area contributed by atoms with Crippen LogP contribution >= 0.6 is 0 Å². The number of nitrogens with two attached hydrogens (primary N) is 1. The molecule has 1 aromatic heterocycles. The molecule has 104 valence electrons. The summed E-state index contributed by atoms with van der Waals surface area (Å²) in [7, 11) is 0. The van der Waals surface area contributed by atoms with E-state index in [9.17, 15) is 0 Å². The summed E-state index contributed by atoms with van der Waals surface area (Å²) in [6, 6.07) is 1.90. The zero-order valence-corrected chi connectivity index (χ0v) is 11.6. The van der Waals surface area contributed by atoms with Gasteiger partial charge in [-0.05, 0) is 37.5 Å². The minimum atomic E-state index is 0.487. The van der Waals surface area contributed by atoms with Crippen molar-refractivity contribution < 1.29 is 0 Å². The van der Waals surface area contributed by atoms with Crippen LogP contribution in [0.25, 0.3) is 0 Å². The summed E-state index contributed by atoms with van der Waals surface area (Å²) in [5, 5.41) is 3.49. The highest BCUT2D eigenvalue weighted by Gasteiger charge is 2.35. The van der Waals surface area contributed by atoms with Crippen LogP contribution in [0.1, 0.15) is 57.2 Å². The molecule has 0 spiro atoms. The molecular weight excluding hydrogens is 238 g/mol. The van der Waals surface area contributed by atoms with Gasteiger partial charge < -0.3 is 10.7 Å². The van der Waals surface area contributed by atoms with Crippen molar-refractivity contribution in [2.45, 2.75) is 51.4 Å². The molecule has 3 rings (SSSR count). The molecule has 2 saturated carbocycles. The number of rotatable bonds is 6. The number of nitrogens with one attached hydrogen (secondary N) is 2. The zero-order chi connectivity index (χ0) is 13.3. The smallest absolute Gasteiger partial charge is 0.145 e. The van der Waals surface area contributed by atoms with E-state index >= 15 is 0 Å². The Morgan fingerprint density at radius 1 is 1.32 bits per heavy atom. The Hall–Kier alpha value is -1.36. The number of hydrazine groups is 1. The minimum absolute atomic E-state index is 0.487. The molecule has 0 atom stereocenters. The summed E-state index contributed by atoms with van der Waals surface area (Å²) in [4.78, 5) is 9.05. The van der Waals surface area contributed by atoms with Crippen molar-refractivity contribution in [3.8, 4) is 0 Å². The highest BCUT2D eigenvalue weighted by atomic mass is 15.3. The van der Waals surface area contributed by atoms with Gasteiger partial charge in [0.05, 0.1) is 0 Å². The van der Waals surface area contributed by atoms with Crippen LogP contribution in [0, 0.1) is 5.41 Å². The van der Waals surface area contributed by atoms with Crippen LogP contribution in [-0.2, 0) is 0 Å². The average Bonchev–Trinajstić information content (AvgIpc) is 3.22. The second-order valence-corrected chi connectivity index (χ2v) is 5.98. The minimum Gasteiger partial charge on any atom is -0.369 e. The van der Waals surface area contributed by atoms with E-state index in [1.54, 1.807) is 0 Å². The number of hydrogen-bond acceptors (Lipinski definition) is 5. The van der Waals surface area contributed by atoms with Gasteiger partial charge in [0.25, 0.3) is 0 Å². The number of aromatic nitrogens is 2. The molecule has 2 aliphatic rings. The van der Waals surface area contributed by atoms with Crippen molar-refractivity contribution in [2.24, 2.45) is 11.3 Å². The molecule has 5 heteroatoms. The predicted octanol–water partition coefficient (Wildman–Crippen LogP) is 2.63. The first-order valence-electron chi connectivity index (χ1n) is 7.34. The molecule has 0 bridgehead atoms. The molecule has 4 N–H and O–H groups in total. The Labute approximate surface area is 114 Å². The molecule has 0 radical (unpaired) electrons. The predicted molar refractivity (Wildman–Crippen MR) is 76.9 cm³/mol. The molecule has 0 saturated heterocycles. The Kier molecular flexibility index (Phi) is 3.31. The lowest BCUT2D eigenvalue weighted by atomic mass is 9.67. The van der Waals surface area contributed by atoms with Gasteiger partial charge in [-0.15, -0.1) is 0 Å². The molecule has 19 heavy (non-hydrogen) atoms. The van der Waals surface area contributed by atoms with Crippen LogP contribution in [0.4, 0.5) is 11.6 Å². The molecule has 2 fully saturated rings. The van der Waals surface area contributed by atoms with Crippen molar-refractivity contribution in [2.75, 3.05) is 17.3 Å². The van der Waals surface area contributed by atoms with Crippen molar-refractivity contribution in [1.29, 1.82) is 0 Å². The fourth-order valence-electron chi connectivity index (χ4n) is 2.76. The van der Waals surface area contributed by atoms with E-state index in [1.807, 2.05) is 6.07 Å². The van der Waals surface area contributed by atoms with Gasteiger partial charge in [-0.3, -0.25) is 0 Å². The van der Waals surface area contributed by atoms with E-state index in [0.29, 0.717) is 17.2 Å². The Morgan fingerprint density at radius 3 is 2.58 bits per heavy atom. The van der Waals surface area contributed by atoms with E-state index in [0.717, 1.165) is 18.2 Å². The molecule has 0 aliphatic heterocycles. The Morgan fingerprint density at radius 2 is 2.05 bits per heavy atom. The zero-order valence-electron chi connectivity index (χ0n) is 11.6. The van der Waals surface area contributed by atoms with Crippen LogP contribution in [0.15, 0.2) is 6.07 Å². The molecule has 0 aromatic carbocycles. The van der Waals surface area contributed by atoms with Gasteiger partial charge in [0, 0.05) is 18.5 Å². The van der Waals surface area contributed by atoms with Gasteiger partial charge in [0.15, 0.2) is 0 Å². The molecule has 5 nitrogen and oxygen atoms in total. The van der Waals surface area contributed by atoms with E-state index in [-0.39, 0.29) is 0 Å². The number of hydrogen-bond donors (Lipinski definition) is 3. The highest BCUT2D eigenvalue weighted by Crippen LogP contribution is 2.44. The van der Waals surface area contributed by atoms with E-state index in [2.05, 4.69) is 27.6 Å². The molecular formula is C14H23N5. The third-order valence-corrected chi connectivity index (χ3v) is 4.64. The lowest BCUT2D eigenvalue weighted by molar-refractivity contribution is 0.145. The first kappa shape index (κ1) is 12.7. The lowest BCUT2D eigenvalue weighted by Gasteiger charge is -2.41. The third kappa shape index (κ3) is 2.66. The molecule has 2 aliphatic carbocycles. The summed E-state index contributed by atoms with van der Waals surface area (Å²) in [6.07, 6.45) is 7.67. The number of nitrogens with zero attached hydrogens (tertiary/aromatic N) is 2. The average molecular weight is 261 g/mol. The quantitative estimate of drug-likeness (QED) is 0.542. The SMILES string of the molecule is CCC1(CNc2cc(NN)nc(C3CC3)n2)CCC1. The van der Waals surface area contributed by atoms with Crippen LogP contribution < -0.4 is 16.6 Å². The number of nitrogen functional groups attached to an aromatic ring is 1. The van der Waals surface area contributed by atoms with Gasteiger partial charge in [-0.2, -0.15) is 0 Å². The van der Waals surface area contributed by atoms with Crippen molar-refractivity contribution >= 4 is 11.6 Å². The molecule has 0 amide bonds. The molecule has 1 aromatic rings. The van der Waals surface area contributed by atoms with Gasteiger partial charge in [0.2, 0.25) is 0 Å². The first-order chi connectivity index (χ1) is 9.24. The summed E-state index contributed by atoms with van der Waals surface area (Å²) in [5.74, 6) is 8.57. The Balaban J connectivity index is 1.70. The van der Waals surface area contributed by atoms with Gasteiger partial charge in [-0.1, -0.05) is 13.3 Å². The second kappa shape index (κ2) is 4.96. The van der Waals surface area contributed by atoms with Gasteiger partial charge in [-0.25, -0.2) is 15.8 Å². The van der Waals surface area contributed by atoms with Crippen LogP contribution in [0.3, 0.4) is 0 Å². The summed E-state index contributed by atoms with van der Waals surface area (Å²) < 4.78 is 0. The largest absolute Gasteiger partial charge is 0.369 e. The van der Waals surface area contributed by atoms with Crippen LogP contribution in [-0.4, -0.2) is 16.5 Å². The van der Waals surface area contributed by atoms with Crippen molar-refractivity contribution in [3.05, 3.63) is 11.9 Å². The Bertz CT molecular complexity index is 446.